The molecule has 0 unspecified atom stereocenters. The molecule has 0 saturated carbocycles. The molecule has 1 atom stereocenters. The van der Waals surface area contributed by atoms with Gasteiger partial charge in [0.2, 0.25) is 0 Å². The van der Waals surface area contributed by atoms with Gasteiger partial charge in [0.1, 0.15) is 6.10 Å². The van der Waals surface area contributed by atoms with E-state index in [2.05, 4.69) is 17.2 Å². The Balaban J connectivity index is 2.47. The highest BCUT2D eigenvalue weighted by Crippen LogP contribution is 2.12. The van der Waals surface area contributed by atoms with E-state index in [0.29, 0.717) is 6.61 Å². The molecule has 1 aliphatic rings. The zero-order valence-corrected chi connectivity index (χ0v) is 6.19. The van der Waals surface area contributed by atoms with E-state index in [1.165, 1.54) is 0 Å². The lowest BCUT2D eigenvalue weighted by molar-refractivity contribution is -0.126. The third-order valence-corrected chi connectivity index (χ3v) is 1.45. The molecule has 10 heavy (non-hydrogen) atoms. The zero-order valence-electron chi connectivity index (χ0n) is 5.37. The summed E-state index contributed by atoms with van der Waals surface area (Å²) in [5.74, 6) is -0.299. The number of hydrogen-bond donors (Lipinski definition) is 0. The summed E-state index contributed by atoms with van der Waals surface area (Å²) in [7, 11) is 0. The van der Waals surface area contributed by atoms with E-state index >= 15 is 0 Å². The maximum absolute atomic E-state index is 10.8. The van der Waals surface area contributed by atoms with Crippen molar-refractivity contribution in [2.75, 3.05) is 6.61 Å². The lowest BCUT2D eigenvalue weighted by Crippen LogP contribution is -2.16. The second-order valence-electron chi connectivity index (χ2n) is 2.04. The molecule has 1 saturated heterocycles. The van der Waals surface area contributed by atoms with Gasteiger partial charge in [0.25, 0.3) is 5.91 Å². The fourth-order valence-corrected chi connectivity index (χ4v) is 0.979. The summed E-state index contributed by atoms with van der Waals surface area (Å²) in [6.45, 7) is 0.656. The first-order valence-electron chi connectivity index (χ1n) is 3.08. The van der Waals surface area contributed by atoms with Crippen molar-refractivity contribution in [3.8, 4) is 0 Å². The minimum atomic E-state index is -0.351. The molecule has 0 N–H and O–H groups in total. The predicted molar refractivity (Wildman–Crippen MR) is 39.0 cm³/mol. The van der Waals surface area contributed by atoms with Gasteiger partial charge in [0, 0.05) is 6.61 Å². The number of hydrogen-bond acceptors (Lipinski definition) is 3. The van der Waals surface area contributed by atoms with Crippen LogP contribution < -0.4 is 0 Å². The average molecular weight is 157 g/mol. The van der Waals surface area contributed by atoms with Crippen LogP contribution in [0.1, 0.15) is 12.8 Å². The second-order valence-corrected chi connectivity index (χ2v) is 2.23. The molecule has 0 radical (unpaired) electrons. The van der Waals surface area contributed by atoms with E-state index in [9.17, 15) is 4.79 Å². The lowest BCUT2D eigenvalue weighted by atomic mass is 10.2. The molecule has 0 spiro atoms. The molecule has 0 aliphatic carbocycles. The highest BCUT2D eigenvalue weighted by molar-refractivity contribution is 7.78. The molecule has 1 rings (SSSR count). The van der Waals surface area contributed by atoms with Gasteiger partial charge >= 0.3 is 0 Å². The first kappa shape index (κ1) is 7.54. The first-order valence-corrected chi connectivity index (χ1v) is 3.49. The average Bonchev–Trinajstić information content (AvgIpc) is 2.38. The summed E-state index contributed by atoms with van der Waals surface area (Å²) in [6.07, 6.45) is 1.35. The summed E-state index contributed by atoms with van der Waals surface area (Å²) >= 11 is 4.27. The van der Waals surface area contributed by atoms with Crippen LogP contribution in [0.3, 0.4) is 0 Å². The van der Waals surface area contributed by atoms with Crippen LogP contribution in [0.5, 0.6) is 0 Å². The normalized spacial score (nSPS) is 23.8. The maximum Gasteiger partial charge on any atom is 0.283 e. The van der Waals surface area contributed by atoms with Crippen molar-refractivity contribution in [3.05, 3.63) is 0 Å². The molecular weight excluding hydrogens is 150 g/mol. The standard InChI is InChI=1S/C6H7NO2S/c8-6(7-4-10)5-2-1-3-9-5/h5H,1-3H2/t5-/m1/s1. The topological polar surface area (TPSA) is 38.7 Å². The monoisotopic (exact) mass is 157 g/mol. The number of carbonyl (C=O) groups excluding carboxylic acids is 1. The van der Waals surface area contributed by atoms with Crippen LogP contribution in [0.25, 0.3) is 0 Å². The third kappa shape index (κ3) is 1.70. The van der Waals surface area contributed by atoms with Crippen LogP contribution in [0.2, 0.25) is 0 Å². The van der Waals surface area contributed by atoms with Crippen molar-refractivity contribution >= 4 is 23.3 Å². The van der Waals surface area contributed by atoms with Crippen LogP contribution >= 0.6 is 12.2 Å². The van der Waals surface area contributed by atoms with Gasteiger partial charge in [0.05, 0.1) is 5.16 Å². The lowest BCUT2D eigenvalue weighted by Gasteiger charge is -1.99. The van der Waals surface area contributed by atoms with Gasteiger partial charge < -0.3 is 4.74 Å². The summed E-state index contributed by atoms with van der Waals surface area (Å²) < 4.78 is 5.04. The van der Waals surface area contributed by atoms with Crippen LogP contribution in [-0.2, 0) is 9.53 Å². The molecule has 0 aromatic heterocycles. The molecule has 1 aliphatic heterocycles. The Labute approximate surface area is 64.1 Å². The maximum atomic E-state index is 10.8. The Morgan fingerprint density at radius 3 is 3.10 bits per heavy atom. The highest BCUT2D eigenvalue weighted by Gasteiger charge is 2.22. The van der Waals surface area contributed by atoms with Gasteiger partial charge in [-0.2, -0.15) is 4.99 Å². The molecule has 1 heterocycles. The fraction of sp³-hybridized carbons (Fsp3) is 0.667. The number of thiocarbonyl (C=S) groups is 1. The summed E-state index contributed by atoms with van der Waals surface area (Å²) in [4.78, 5) is 14.1. The number of rotatable bonds is 1. The molecule has 3 nitrogen and oxygen atoms in total. The largest absolute Gasteiger partial charge is 0.368 e. The van der Waals surface area contributed by atoms with Gasteiger partial charge in [-0.15, -0.1) is 0 Å². The molecular formula is C6H7NO2S. The van der Waals surface area contributed by atoms with Crippen LogP contribution in [-0.4, -0.2) is 23.8 Å². The number of nitrogens with zero attached hydrogens (tertiary/aromatic N) is 1. The minimum Gasteiger partial charge on any atom is -0.368 e. The quantitative estimate of drug-likeness (QED) is 0.417. The van der Waals surface area contributed by atoms with Gasteiger partial charge in [-0.3, -0.25) is 4.79 Å². The minimum absolute atomic E-state index is 0.299. The molecule has 1 amide bonds. The smallest absolute Gasteiger partial charge is 0.283 e. The van der Waals surface area contributed by atoms with E-state index in [4.69, 9.17) is 4.74 Å². The van der Waals surface area contributed by atoms with Crippen molar-refractivity contribution < 1.29 is 9.53 Å². The Kier molecular flexibility index (Phi) is 2.68. The Morgan fingerprint density at radius 1 is 1.80 bits per heavy atom. The van der Waals surface area contributed by atoms with Gasteiger partial charge in [-0.25, -0.2) is 0 Å². The molecule has 4 heteroatoms. The van der Waals surface area contributed by atoms with Crippen molar-refractivity contribution in [2.45, 2.75) is 18.9 Å². The van der Waals surface area contributed by atoms with E-state index < -0.39 is 0 Å². The van der Waals surface area contributed by atoms with Crippen LogP contribution in [0.15, 0.2) is 4.99 Å². The van der Waals surface area contributed by atoms with Crippen LogP contribution in [0.4, 0.5) is 0 Å². The second kappa shape index (κ2) is 3.56. The van der Waals surface area contributed by atoms with Crippen molar-refractivity contribution in [1.29, 1.82) is 0 Å². The predicted octanol–water partition coefficient (Wildman–Crippen LogP) is 0.795. The van der Waals surface area contributed by atoms with E-state index in [1.807, 2.05) is 5.16 Å². The summed E-state index contributed by atoms with van der Waals surface area (Å²) in [6, 6.07) is 0. The first-order chi connectivity index (χ1) is 4.84. The Morgan fingerprint density at radius 2 is 2.60 bits per heavy atom. The van der Waals surface area contributed by atoms with Gasteiger partial charge in [-0.1, -0.05) is 0 Å². The van der Waals surface area contributed by atoms with Crippen LogP contribution in [0, 0.1) is 0 Å². The van der Waals surface area contributed by atoms with Crippen molar-refractivity contribution in [3.63, 3.8) is 0 Å². The van der Waals surface area contributed by atoms with Gasteiger partial charge in [0.15, 0.2) is 0 Å². The molecule has 0 aromatic rings. The van der Waals surface area contributed by atoms with E-state index in [1.54, 1.807) is 0 Å². The Bertz CT molecular complexity index is 180. The van der Waals surface area contributed by atoms with Crippen molar-refractivity contribution in [1.82, 2.24) is 0 Å². The van der Waals surface area contributed by atoms with E-state index in [0.717, 1.165) is 12.8 Å². The zero-order chi connectivity index (χ0) is 7.40. The number of aliphatic imine (C=N–C) groups is 1. The van der Waals surface area contributed by atoms with Crippen molar-refractivity contribution in [2.24, 2.45) is 4.99 Å². The number of ether oxygens (including phenoxy) is 1. The van der Waals surface area contributed by atoms with Gasteiger partial charge in [-0.05, 0) is 25.1 Å². The summed E-state index contributed by atoms with van der Waals surface area (Å²) in [5, 5.41) is 2.02. The Hall–Kier alpha value is -0.570. The number of isothiocyanates is 1. The summed E-state index contributed by atoms with van der Waals surface area (Å²) in [5.41, 5.74) is 0. The van der Waals surface area contributed by atoms with E-state index in [-0.39, 0.29) is 12.0 Å². The molecule has 54 valence electrons. The number of carbonyl (C=O) groups is 1. The highest BCUT2D eigenvalue weighted by atomic mass is 32.1. The third-order valence-electron chi connectivity index (χ3n) is 1.36. The SMILES string of the molecule is O=C(N=C=S)[C@H]1CCCO1. The molecule has 0 bridgehead atoms. The molecule has 1 fully saturated rings. The number of amides is 1. The fourth-order valence-electron chi connectivity index (χ4n) is 0.889. The molecule has 0 aromatic carbocycles.